The summed E-state index contributed by atoms with van der Waals surface area (Å²) in [4.78, 5) is 0. The lowest BCUT2D eigenvalue weighted by atomic mass is 10.0. The van der Waals surface area contributed by atoms with Gasteiger partial charge in [0.25, 0.3) is 0 Å². The number of aryl methyl sites for hydroxylation is 1. The molecule has 0 unspecified atom stereocenters. The van der Waals surface area contributed by atoms with E-state index >= 15 is 0 Å². The van der Waals surface area contributed by atoms with Crippen LogP contribution in [0.5, 0.6) is 17.2 Å². The summed E-state index contributed by atoms with van der Waals surface area (Å²) in [5.74, 6) is -12.3. The number of hydrogen-bond donors (Lipinski definition) is 0. The fourth-order valence-corrected chi connectivity index (χ4v) is 4.46. The Bertz CT molecular complexity index is 1710. The number of ether oxygens (including phenoxy) is 3. The monoisotopic (exact) mass is 682 g/mol. The lowest BCUT2D eigenvalue weighted by Gasteiger charge is -2.20. The number of rotatable bonds is 12. The Balaban J connectivity index is 1.51. The Labute approximate surface area is 259 Å². The van der Waals surface area contributed by atoms with Crippen molar-refractivity contribution in [2.45, 2.75) is 51.2 Å². The maximum absolute atomic E-state index is 14.9. The number of hydrogen-bond acceptors (Lipinski definition) is 3. The molecule has 15 heteroatoms. The van der Waals surface area contributed by atoms with E-state index in [1.54, 1.807) is 0 Å². The predicted molar refractivity (Wildman–Crippen MR) is 144 cm³/mol. The van der Waals surface area contributed by atoms with Gasteiger partial charge in [0.1, 0.15) is 29.0 Å². The molecule has 0 saturated carbocycles. The van der Waals surface area contributed by atoms with Gasteiger partial charge in [0.15, 0.2) is 11.6 Å². The van der Waals surface area contributed by atoms with E-state index in [2.05, 4.69) is 14.2 Å². The molecule has 0 aliphatic carbocycles. The first-order valence-corrected chi connectivity index (χ1v) is 13.7. The third kappa shape index (κ3) is 8.63. The van der Waals surface area contributed by atoms with Crippen LogP contribution >= 0.6 is 0 Å². The SMILES string of the molecule is CCCCCc1ccc(C(F)(F)Oc2ccc(-c3ccc(C(F)(F)Oc4cc(F)c(OC(F)(F)F)c(F)c4)c(F)c3)c(F)c2)c(F)c1. The van der Waals surface area contributed by atoms with Gasteiger partial charge in [-0.3, -0.25) is 0 Å². The van der Waals surface area contributed by atoms with E-state index in [9.17, 15) is 52.7 Å². The van der Waals surface area contributed by atoms with Gasteiger partial charge in [-0.2, -0.15) is 17.6 Å². The maximum Gasteiger partial charge on any atom is 0.573 e. The Morgan fingerprint density at radius 1 is 0.532 bits per heavy atom. The van der Waals surface area contributed by atoms with Crippen LogP contribution in [0.25, 0.3) is 11.1 Å². The summed E-state index contributed by atoms with van der Waals surface area (Å²) in [7, 11) is 0. The molecule has 0 fully saturated rings. The van der Waals surface area contributed by atoms with Crippen LogP contribution in [-0.4, -0.2) is 6.36 Å². The maximum atomic E-state index is 14.9. The highest BCUT2D eigenvalue weighted by atomic mass is 19.4. The molecule has 3 nitrogen and oxygen atoms in total. The summed E-state index contributed by atoms with van der Waals surface area (Å²) in [6.07, 6.45) is -11.4. The molecule has 0 aromatic heterocycles. The highest BCUT2D eigenvalue weighted by Crippen LogP contribution is 2.39. The lowest BCUT2D eigenvalue weighted by molar-refractivity contribution is -0.276. The molecule has 0 N–H and O–H groups in total. The minimum absolute atomic E-state index is 0.0507. The van der Waals surface area contributed by atoms with Crippen molar-refractivity contribution in [2.75, 3.05) is 0 Å². The van der Waals surface area contributed by atoms with Crippen LogP contribution in [0.1, 0.15) is 42.9 Å². The molecule has 4 aromatic rings. The zero-order chi connectivity index (χ0) is 34.7. The van der Waals surface area contributed by atoms with E-state index in [-0.39, 0.29) is 17.7 Å². The van der Waals surface area contributed by atoms with Crippen LogP contribution in [0.2, 0.25) is 0 Å². The van der Waals surface area contributed by atoms with E-state index in [0.717, 1.165) is 49.6 Å². The van der Waals surface area contributed by atoms with Gasteiger partial charge in [-0.15, -0.1) is 13.2 Å². The average molecular weight is 683 g/mol. The first kappa shape index (κ1) is 35.3. The van der Waals surface area contributed by atoms with Crippen molar-refractivity contribution in [1.29, 1.82) is 0 Å². The summed E-state index contributed by atoms with van der Waals surface area (Å²) < 4.78 is 180. The van der Waals surface area contributed by atoms with Crippen molar-refractivity contribution in [2.24, 2.45) is 0 Å². The second kappa shape index (κ2) is 13.7. The van der Waals surface area contributed by atoms with Crippen LogP contribution in [0.15, 0.2) is 66.7 Å². The summed E-state index contributed by atoms with van der Waals surface area (Å²) in [5, 5.41) is 0. The highest BCUT2D eigenvalue weighted by molar-refractivity contribution is 5.65. The van der Waals surface area contributed by atoms with Crippen LogP contribution in [0.3, 0.4) is 0 Å². The summed E-state index contributed by atoms with van der Waals surface area (Å²) in [6.45, 7) is 1.97. The van der Waals surface area contributed by atoms with E-state index in [4.69, 9.17) is 0 Å². The Morgan fingerprint density at radius 2 is 1.09 bits per heavy atom. The van der Waals surface area contributed by atoms with E-state index in [1.165, 1.54) is 6.07 Å². The van der Waals surface area contributed by atoms with E-state index in [0.29, 0.717) is 30.2 Å². The minimum atomic E-state index is -5.50. The normalized spacial score (nSPS) is 12.3. The standard InChI is InChI=1S/C32H22F12O3/c1-2-3-4-5-17-6-10-22(25(34)12-17)30(38,39)45-19-8-9-21(24(33)14-19)18-7-11-23(26(35)13-18)31(40,41)46-20-15-27(36)29(28(37)16-20)47-32(42,43)44/h6-16H,2-5H2,1H3. The molecule has 0 saturated heterocycles. The zero-order valence-electron chi connectivity index (χ0n) is 23.9. The van der Waals surface area contributed by atoms with Crippen LogP contribution < -0.4 is 14.2 Å². The fourth-order valence-electron chi connectivity index (χ4n) is 4.46. The first-order valence-electron chi connectivity index (χ1n) is 13.7. The molecule has 47 heavy (non-hydrogen) atoms. The Morgan fingerprint density at radius 3 is 1.62 bits per heavy atom. The van der Waals surface area contributed by atoms with Gasteiger partial charge in [0.05, 0.1) is 11.1 Å². The van der Waals surface area contributed by atoms with Gasteiger partial charge < -0.3 is 14.2 Å². The quantitative estimate of drug-likeness (QED) is 0.110. The van der Waals surface area contributed by atoms with Gasteiger partial charge in [-0.1, -0.05) is 31.9 Å². The molecule has 0 amide bonds. The summed E-state index contributed by atoms with van der Waals surface area (Å²) >= 11 is 0. The van der Waals surface area contributed by atoms with Gasteiger partial charge in [0.2, 0.25) is 5.75 Å². The fraction of sp³-hybridized carbons (Fsp3) is 0.250. The first-order chi connectivity index (χ1) is 21.9. The molecule has 4 rings (SSSR count). The second-order valence-electron chi connectivity index (χ2n) is 10.1. The predicted octanol–water partition coefficient (Wildman–Crippen LogP) is 10.9. The number of alkyl halides is 7. The van der Waals surface area contributed by atoms with E-state index < -0.39 is 81.6 Å². The largest absolute Gasteiger partial charge is 0.573 e. The molecule has 0 atom stereocenters. The van der Waals surface area contributed by atoms with E-state index in [1.807, 2.05) is 6.92 Å². The number of halogens is 12. The molecule has 4 aromatic carbocycles. The van der Waals surface area contributed by atoms with Crippen LogP contribution in [0, 0.1) is 29.1 Å². The molecular weight excluding hydrogens is 660 g/mol. The third-order valence-electron chi connectivity index (χ3n) is 6.63. The molecular formula is C32H22F12O3. The molecule has 0 aliphatic rings. The summed E-state index contributed by atoms with van der Waals surface area (Å²) in [6, 6.07) is 6.85. The smallest absolute Gasteiger partial charge is 0.429 e. The average Bonchev–Trinajstić information content (AvgIpc) is 2.94. The van der Waals surface area contributed by atoms with Crippen LogP contribution in [0.4, 0.5) is 52.7 Å². The van der Waals surface area contributed by atoms with Crippen molar-refractivity contribution in [1.82, 2.24) is 0 Å². The third-order valence-corrected chi connectivity index (χ3v) is 6.63. The van der Waals surface area contributed by atoms with Crippen molar-refractivity contribution >= 4 is 0 Å². The van der Waals surface area contributed by atoms with Crippen molar-refractivity contribution in [3.05, 3.63) is 113 Å². The Kier molecular flexibility index (Phi) is 10.3. The van der Waals surface area contributed by atoms with Crippen LogP contribution in [-0.2, 0) is 18.6 Å². The molecule has 0 heterocycles. The lowest BCUT2D eigenvalue weighted by Crippen LogP contribution is -2.24. The van der Waals surface area contributed by atoms with Gasteiger partial charge in [-0.25, -0.2) is 22.0 Å². The topological polar surface area (TPSA) is 27.7 Å². The Hall–Kier alpha value is -4.56. The number of benzene rings is 4. The molecule has 0 spiro atoms. The molecule has 0 bridgehead atoms. The zero-order valence-corrected chi connectivity index (χ0v) is 23.9. The van der Waals surface area contributed by atoms with Crippen molar-refractivity contribution in [3.63, 3.8) is 0 Å². The molecule has 252 valence electrons. The molecule has 0 radical (unpaired) electrons. The van der Waals surface area contributed by atoms with Gasteiger partial charge in [0, 0.05) is 23.8 Å². The second-order valence-corrected chi connectivity index (χ2v) is 10.1. The minimum Gasteiger partial charge on any atom is -0.429 e. The molecule has 0 aliphatic heterocycles. The van der Waals surface area contributed by atoms with Gasteiger partial charge in [-0.05, 0) is 60.4 Å². The highest BCUT2D eigenvalue weighted by Gasteiger charge is 2.40. The number of unbranched alkanes of at least 4 members (excludes halogenated alkanes) is 2. The van der Waals surface area contributed by atoms with Gasteiger partial charge >= 0.3 is 18.6 Å². The van der Waals surface area contributed by atoms with Crippen molar-refractivity contribution in [3.8, 4) is 28.4 Å². The van der Waals surface area contributed by atoms with Crippen molar-refractivity contribution < 1.29 is 66.9 Å². The summed E-state index contributed by atoms with van der Waals surface area (Å²) in [5.41, 5.74) is -2.94.